The minimum atomic E-state index is -1.17. The summed E-state index contributed by atoms with van der Waals surface area (Å²) < 4.78 is 31.7. The maximum atomic E-state index is 14.8. The van der Waals surface area contributed by atoms with Gasteiger partial charge in [0, 0.05) is 12.6 Å². The third kappa shape index (κ3) is 2.70. The fourth-order valence-electron chi connectivity index (χ4n) is 4.32. The second-order valence-electron chi connectivity index (χ2n) is 7.59. The topological polar surface area (TPSA) is 97.0 Å². The van der Waals surface area contributed by atoms with Gasteiger partial charge in [-0.05, 0) is 18.2 Å². The molecule has 1 saturated heterocycles. The molecule has 2 atom stereocenters. The quantitative estimate of drug-likeness (QED) is 0.469. The van der Waals surface area contributed by atoms with E-state index in [1.807, 2.05) is 6.07 Å². The van der Waals surface area contributed by atoms with E-state index in [0.717, 1.165) is 0 Å². The molecule has 1 aliphatic rings. The SMILES string of the molecule is O=c1c2c(F)ccn2nc([C@@H]2C[C@H](F)CN2c2ncnc3nc[nH]c23)n1-c1ccccc1. The summed E-state index contributed by atoms with van der Waals surface area (Å²) in [5, 5.41) is 4.56. The number of nitrogens with one attached hydrogen (secondary N) is 1. The van der Waals surface area contributed by atoms with Gasteiger partial charge in [-0.25, -0.2) is 28.2 Å². The summed E-state index contributed by atoms with van der Waals surface area (Å²) in [5.74, 6) is 0.0846. The Labute approximate surface area is 179 Å². The number of hydrogen-bond donors (Lipinski definition) is 1. The van der Waals surface area contributed by atoms with Crippen LogP contribution >= 0.6 is 0 Å². The highest BCUT2D eigenvalue weighted by Crippen LogP contribution is 2.38. The molecule has 9 nitrogen and oxygen atoms in total. The highest BCUT2D eigenvalue weighted by Gasteiger charge is 2.39. The molecule has 1 N–H and O–H groups in total. The third-order valence-electron chi connectivity index (χ3n) is 5.70. The zero-order valence-corrected chi connectivity index (χ0v) is 16.6. The number of nitrogens with zero attached hydrogens (tertiary/aromatic N) is 7. The molecular formula is C21H16F2N8O. The van der Waals surface area contributed by atoms with Gasteiger partial charge in [0.1, 0.15) is 18.0 Å². The molecular weight excluding hydrogens is 418 g/mol. The van der Waals surface area contributed by atoms with Gasteiger partial charge >= 0.3 is 0 Å². The number of hydrogen-bond acceptors (Lipinski definition) is 6. The second-order valence-corrected chi connectivity index (χ2v) is 7.59. The standard InChI is InChI=1S/C21H16F2N8O/c22-12-8-15(29(9-12)20-16-18(25-10-24-16)26-11-27-20)19-28-30-7-6-14(23)17(30)21(32)31(19)13-4-2-1-3-5-13/h1-7,10-12,15H,8-9H2,(H,24,25,26,27)/t12-,15-/m0/s1. The molecule has 4 aromatic heterocycles. The molecule has 0 amide bonds. The van der Waals surface area contributed by atoms with Gasteiger partial charge in [-0.2, -0.15) is 5.10 Å². The van der Waals surface area contributed by atoms with Crippen LogP contribution in [-0.4, -0.2) is 46.8 Å². The molecule has 0 unspecified atom stereocenters. The molecule has 0 radical (unpaired) electrons. The Morgan fingerprint density at radius 2 is 1.94 bits per heavy atom. The number of para-hydroxylation sites is 1. The van der Waals surface area contributed by atoms with E-state index in [1.54, 1.807) is 29.2 Å². The van der Waals surface area contributed by atoms with Gasteiger partial charge in [-0.3, -0.25) is 9.36 Å². The molecule has 5 aromatic rings. The highest BCUT2D eigenvalue weighted by atomic mass is 19.1. The summed E-state index contributed by atoms with van der Waals surface area (Å²) >= 11 is 0. The number of rotatable bonds is 3. The molecule has 6 rings (SSSR count). The van der Waals surface area contributed by atoms with Crippen molar-refractivity contribution in [2.75, 3.05) is 11.4 Å². The molecule has 11 heteroatoms. The van der Waals surface area contributed by atoms with Gasteiger partial charge in [0.2, 0.25) is 0 Å². The van der Waals surface area contributed by atoms with Crippen LogP contribution in [0.1, 0.15) is 18.3 Å². The van der Waals surface area contributed by atoms with E-state index in [0.29, 0.717) is 22.7 Å². The first-order valence-electron chi connectivity index (χ1n) is 10.0. The predicted octanol–water partition coefficient (Wildman–Crippen LogP) is 2.58. The Morgan fingerprint density at radius 1 is 1.09 bits per heavy atom. The van der Waals surface area contributed by atoms with Crippen molar-refractivity contribution in [3.8, 4) is 5.69 Å². The summed E-state index contributed by atoms with van der Waals surface area (Å²) in [6.45, 7) is 0.0541. The minimum Gasteiger partial charge on any atom is -0.341 e. The van der Waals surface area contributed by atoms with Gasteiger partial charge in [-0.15, -0.1) is 0 Å². The van der Waals surface area contributed by atoms with E-state index >= 15 is 0 Å². The average Bonchev–Trinajstić information content (AvgIpc) is 3.52. The first kappa shape index (κ1) is 18.6. The van der Waals surface area contributed by atoms with Crippen LogP contribution < -0.4 is 10.5 Å². The Bertz CT molecular complexity index is 1510. The van der Waals surface area contributed by atoms with Crippen LogP contribution in [-0.2, 0) is 0 Å². The van der Waals surface area contributed by atoms with Crippen LogP contribution in [0.5, 0.6) is 0 Å². The molecule has 1 fully saturated rings. The number of alkyl halides is 1. The number of H-pyrrole nitrogens is 1. The zero-order chi connectivity index (χ0) is 21.8. The average molecular weight is 434 g/mol. The summed E-state index contributed by atoms with van der Waals surface area (Å²) in [5.41, 5.74) is 0.790. The van der Waals surface area contributed by atoms with Gasteiger partial charge in [-0.1, -0.05) is 18.2 Å². The van der Waals surface area contributed by atoms with Crippen LogP contribution in [0.3, 0.4) is 0 Å². The summed E-state index contributed by atoms with van der Waals surface area (Å²) in [4.78, 5) is 30.8. The maximum absolute atomic E-state index is 14.8. The molecule has 0 bridgehead atoms. The molecule has 160 valence electrons. The van der Waals surface area contributed by atoms with Crippen molar-refractivity contribution in [1.29, 1.82) is 0 Å². The van der Waals surface area contributed by atoms with Gasteiger partial charge < -0.3 is 9.88 Å². The number of fused-ring (bicyclic) bond motifs is 2. The Morgan fingerprint density at radius 3 is 2.78 bits per heavy atom. The number of aromatic amines is 1. The van der Waals surface area contributed by atoms with Gasteiger partial charge in [0.15, 0.2) is 28.6 Å². The van der Waals surface area contributed by atoms with Crippen molar-refractivity contribution in [2.45, 2.75) is 18.6 Å². The second kappa shape index (κ2) is 6.94. The molecule has 32 heavy (non-hydrogen) atoms. The van der Waals surface area contributed by atoms with E-state index in [1.165, 1.54) is 34.0 Å². The number of aromatic nitrogens is 7. The van der Waals surface area contributed by atoms with Crippen molar-refractivity contribution in [3.63, 3.8) is 0 Å². The van der Waals surface area contributed by atoms with Crippen LogP contribution in [0.4, 0.5) is 14.6 Å². The number of benzene rings is 1. The predicted molar refractivity (Wildman–Crippen MR) is 112 cm³/mol. The lowest BCUT2D eigenvalue weighted by Crippen LogP contribution is -2.33. The lowest BCUT2D eigenvalue weighted by atomic mass is 10.1. The molecule has 0 spiro atoms. The largest absolute Gasteiger partial charge is 0.341 e. The van der Waals surface area contributed by atoms with Crippen LogP contribution in [0.15, 0.2) is 60.0 Å². The van der Waals surface area contributed by atoms with Gasteiger partial charge in [0.05, 0.1) is 24.6 Å². The van der Waals surface area contributed by atoms with E-state index in [2.05, 4.69) is 25.0 Å². The maximum Gasteiger partial charge on any atom is 0.285 e. The van der Waals surface area contributed by atoms with Crippen molar-refractivity contribution in [1.82, 2.24) is 34.1 Å². The van der Waals surface area contributed by atoms with E-state index in [9.17, 15) is 13.6 Å². The van der Waals surface area contributed by atoms with Crippen molar-refractivity contribution >= 4 is 22.5 Å². The van der Waals surface area contributed by atoms with Crippen molar-refractivity contribution in [2.24, 2.45) is 0 Å². The molecule has 0 saturated carbocycles. The van der Waals surface area contributed by atoms with Crippen molar-refractivity contribution in [3.05, 3.63) is 77.2 Å². The number of imidazole rings is 1. The molecule has 1 aliphatic heterocycles. The normalized spacial score (nSPS) is 18.8. The lowest BCUT2D eigenvalue weighted by molar-refractivity contribution is 0.354. The first-order chi connectivity index (χ1) is 15.6. The Kier molecular flexibility index (Phi) is 4.03. The highest BCUT2D eigenvalue weighted by molar-refractivity contribution is 5.83. The Hall–Kier alpha value is -4.15. The molecule has 0 aliphatic carbocycles. The summed E-state index contributed by atoms with van der Waals surface area (Å²) in [6, 6.07) is 9.37. The van der Waals surface area contributed by atoms with E-state index in [-0.39, 0.29) is 24.3 Å². The smallest absolute Gasteiger partial charge is 0.285 e. The molecule has 5 heterocycles. The number of halogens is 2. The fourth-order valence-corrected chi connectivity index (χ4v) is 4.32. The lowest BCUT2D eigenvalue weighted by Gasteiger charge is -2.27. The van der Waals surface area contributed by atoms with Gasteiger partial charge in [0.25, 0.3) is 5.56 Å². The van der Waals surface area contributed by atoms with Crippen LogP contribution in [0.25, 0.3) is 22.4 Å². The summed E-state index contributed by atoms with van der Waals surface area (Å²) in [6.07, 6.45) is 3.16. The van der Waals surface area contributed by atoms with Crippen molar-refractivity contribution < 1.29 is 8.78 Å². The number of anilines is 1. The zero-order valence-electron chi connectivity index (χ0n) is 16.6. The van der Waals surface area contributed by atoms with E-state index < -0.39 is 23.6 Å². The Balaban J connectivity index is 1.61. The third-order valence-corrected chi connectivity index (χ3v) is 5.70. The fraction of sp³-hybridized carbons (Fsp3) is 0.190. The first-order valence-corrected chi connectivity index (χ1v) is 10.0. The minimum absolute atomic E-state index is 0.0541. The van der Waals surface area contributed by atoms with Crippen LogP contribution in [0.2, 0.25) is 0 Å². The molecule has 1 aromatic carbocycles. The summed E-state index contributed by atoms with van der Waals surface area (Å²) in [7, 11) is 0. The van der Waals surface area contributed by atoms with Crippen LogP contribution in [0, 0.1) is 5.82 Å². The van der Waals surface area contributed by atoms with E-state index in [4.69, 9.17) is 0 Å². The monoisotopic (exact) mass is 434 g/mol.